The topological polar surface area (TPSA) is 9.23 Å². The van der Waals surface area contributed by atoms with E-state index in [-0.39, 0.29) is 0 Å². The molecule has 0 aliphatic heterocycles. The second-order valence-corrected chi connectivity index (χ2v) is 10.6. The lowest BCUT2D eigenvalue weighted by Gasteiger charge is -2.47. The maximum absolute atomic E-state index is 8.10. The molecular formula is C40H34O. The lowest BCUT2D eigenvalue weighted by molar-refractivity contribution is -0.0816. The van der Waals surface area contributed by atoms with Crippen molar-refractivity contribution in [2.45, 2.75) is 25.0 Å². The van der Waals surface area contributed by atoms with E-state index in [1.165, 1.54) is 11.1 Å². The van der Waals surface area contributed by atoms with E-state index in [4.69, 9.17) is 4.74 Å². The number of hydrogen-bond acceptors (Lipinski definition) is 1. The molecule has 0 N–H and O–H groups in total. The highest BCUT2D eigenvalue weighted by molar-refractivity contribution is 5.55. The van der Waals surface area contributed by atoms with E-state index >= 15 is 0 Å². The van der Waals surface area contributed by atoms with Crippen LogP contribution in [-0.4, -0.2) is 0 Å². The van der Waals surface area contributed by atoms with Crippen molar-refractivity contribution in [2.24, 2.45) is 0 Å². The molecule has 1 nitrogen and oxygen atoms in total. The summed E-state index contributed by atoms with van der Waals surface area (Å²) in [4.78, 5) is 0. The van der Waals surface area contributed by atoms with E-state index in [2.05, 4.69) is 184 Å². The summed E-state index contributed by atoms with van der Waals surface area (Å²) < 4.78 is 8.10. The van der Waals surface area contributed by atoms with Crippen LogP contribution in [0, 0.1) is 13.8 Å². The molecule has 0 amide bonds. The van der Waals surface area contributed by atoms with Gasteiger partial charge in [0.25, 0.3) is 0 Å². The number of rotatable bonds is 8. The summed E-state index contributed by atoms with van der Waals surface area (Å²) >= 11 is 0. The first-order valence-electron chi connectivity index (χ1n) is 14.2. The fourth-order valence-corrected chi connectivity index (χ4v) is 6.16. The van der Waals surface area contributed by atoms with Gasteiger partial charge in [-0.3, -0.25) is 0 Å². The third-order valence-corrected chi connectivity index (χ3v) is 8.08. The van der Waals surface area contributed by atoms with Crippen molar-refractivity contribution >= 4 is 0 Å². The van der Waals surface area contributed by atoms with E-state index in [9.17, 15) is 0 Å². The molecule has 0 spiro atoms. The highest BCUT2D eigenvalue weighted by Gasteiger charge is 2.49. The molecular weight excluding hydrogens is 496 g/mol. The summed E-state index contributed by atoms with van der Waals surface area (Å²) in [6.07, 6.45) is 0. The van der Waals surface area contributed by atoms with Gasteiger partial charge in [0.05, 0.1) is 0 Å². The Morgan fingerprint density at radius 3 is 0.829 bits per heavy atom. The van der Waals surface area contributed by atoms with Crippen molar-refractivity contribution in [1.29, 1.82) is 0 Å². The van der Waals surface area contributed by atoms with Gasteiger partial charge < -0.3 is 4.74 Å². The van der Waals surface area contributed by atoms with Crippen molar-refractivity contribution in [3.63, 3.8) is 0 Å². The number of hydrogen-bond donors (Lipinski definition) is 0. The van der Waals surface area contributed by atoms with Crippen LogP contribution in [-0.2, 0) is 15.9 Å². The lowest BCUT2D eigenvalue weighted by Crippen LogP contribution is -2.45. The first kappa shape index (κ1) is 26.5. The second-order valence-electron chi connectivity index (χ2n) is 10.6. The number of benzene rings is 6. The van der Waals surface area contributed by atoms with Gasteiger partial charge in [0.15, 0.2) is 0 Å². The molecule has 0 radical (unpaired) electrons. The van der Waals surface area contributed by atoms with Crippen LogP contribution < -0.4 is 0 Å². The molecule has 0 atom stereocenters. The predicted molar refractivity (Wildman–Crippen MR) is 169 cm³/mol. The predicted octanol–water partition coefficient (Wildman–Crippen LogP) is 9.60. The van der Waals surface area contributed by atoms with Gasteiger partial charge in [-0.05, 0) is 58.4 Å². The van der Waals surface area contributed by atoms with Crippen LogP contribution in [0.1, 0.15) is 44.5 Å². The Morgan fingerprint density at radius 1 is 0.317 bits per heavy atom. The quantitative estimate of drug-likeness (QED) is 0.178. The number of aryl methyl sites for hydroxylation is 2. The van der Waals surface area contributed by atoms with E-state index in [0.29, 0.717) is 0 Å². The van der Waals surface area contributed by atoms with Crippen molar-refractivity contribution in [2.75, 3.05) is 0 Å². The SMILES string of the molecule is Cc1ccccc1C(OC(c1ccccc1)(c1ccccc1)c1ccccc1C)(c1ccccc1)c1ccccc1. The van der Waals surface area contributed by atoms with Gasteiger partial charge in [-0.15, -0.1) is 0 Å². The maximum Gasteiger partial charge on any atom is 0.146 e. The first-order chi connectivity index (χ1) is 20.2. The average Bonchev–Trinajstić information content (AvgIpc) is 3.05. The minimum Gasteiger partial charge on any atom is -0.340 e. The van der Waals surface area contributed by atoms with Crippen molar-refractivity contribution in [3.05, 3.63) is 214 Å². The van der Waals surface area contributed by atoms with Crippen molar-refractivity contribution < 1.29 is 4.74 Å². The van der Waals surface area contributed by atoms with E-state index in [1.54, 1.807) is 0 Å². The van der Waals surface area contributed by atoms with Gasteiger partial charge >= 0.3 is 0 Å². The smallest absolute Gasteiger partial charge is 0.146 e. The zero-order valence-electron chi connectivity index (χ0n) is 23.6. The summed E-state index contributed by atoms with van der Waals surface area (Å²) in [6, 6.07) is 59.9. The number of ether oxygens (including phenoxy) is 1. The van der Waals surface area contributed by atoms with Gasteiger partial charge in [0.2, 0.25) is 0 Å². The molecule has 0 saturated carbocycles. The lowest BCUT2D eigenvalue weighted by atomic mass is 9.74. The molecule has 0 fully saturated rings. The van der Waals surface area contributed by atoms with Crippen LogP contribution in [0.3, 0.4) is 0 Å². The van der Waals surface area contributed by atoms with Gasteiger partial charge in [0, 0.05) is 0 Å². The summed E-state index contributed by atoms with van der Waals surface area (Å²) in [5.41, 5.74) is 6.97. The second kappa shape index (κ2) is 11.4. The highest BCUT2D eigenvalue weighted by Crippen LogP contribution is 2.52. The van der Waals surface area contributed by atoms with E-state index < -0.39 is 11.2 Å². The summed E-state index contributed by atoms with van der Waals surface area (Å²) in [5.74, 6) is 0. The van der Waals surface area contributed by atoms with Crippen LogP contribution >= 0.6 is 0 Å². The molecule has 6 aromatic carbocycles. The van der Waals surface area contributed by atoms with Gasteiger partial charge in [-0.2, -0.15) is 0 Å². The maximum atomic E-state index is 8.10. The Hall–Kier alpha value is -4.72. The zero-order valence-corrected chi connectivity index (χ0v) is 23.6. The standard InChI is InChI=1S/C40H34O/c1-31-19-15-17-29-37(31)39(33-21-7-3-8-22-33,34-23-9-4-10-24-34)41-40(35-25-11-5-12-26-35,36-27-13-6-14-28-36)38-30-18-16-20-32(38)2/h3-30H,1-2H3. The van der Waals surface area contributed by atoms with Gasteiger partial charge in [-0.1, -0.05) is 170 Å². The Balaban J connectivity index is 1.80. The largest absolute Gasteiger partial charge is 0.340 e. The normalized spacial score (nSPS) is 11.8. The van der Waals surface area contributed by atoms with Crippen molar-refractivity contribution in [1.82, 2.24) is 0 Å². The Labute approximate surface area is 243 Å². The molecule has 200 valence electrons. The average molecular weight is 531 g/mol. The molecule has 41 heavy (non-hydrogen) atoms. The molecule has 6 aromatic rings. The molecule has 0 aliphatic carbocycles. The minimum atomic E-state index is -0.943. The Morgan fingerprint density at radius 2 is 0.561 bits per heavy atom. The van der Waals surface area contributed by atoms with Crippen LogP contribution in [0.15, 0.2) is 170 Å². The molecule has 0 aliphatic rings. The van der Waals surface area contributed by atoms with Crippen LogP contribution in [0.4, 0.5) is 0 Å². The molecule has 0 bridgehead atoms. The molecule has 0 saturated heterocycles. The molecule has 1 heteroatoms. The summed E-state index contributed by atoms with van der Waals surface area (Å²) in [7, 11) is 0. The van der Waals surface area contributed by atoms with Crippen LogP contribution in [0.2, 0.25) is 0 Å². The molecule has 0 aromatic heterocycles. The monoisotopic (exact) mass is 530 g/mol. The van der Waals surface area contributed by atoms with Crippen molar-refractivity contribution in [3.8, 4) is 0 Å². The summed E-state index contributed by atoms with van der Waals surface area (Å²) in [5, 5.41) is 0. The van der Waals surface area contributed by atoms with Crippen LogP contribution in [0.25, 0.3) is 0 Å². The van der Waals surface area contributed by atoms with E-state index in [1.807, 2.05) is 0 Å². The van der Waals surface area contributed by atoms with E-state index in [0.717, 1.165) is 33.4 Å². The Bertz CT molecular complexity index is 1500. The highest BCUT2D eigenvalue weighted by atomic mass is 16.5. The molecule has 6 rings (SSSR count). The van der Waals surface area contributed by atoms with Gasteiger partial charge in [0.1, 0.15) is 11.2 Å². The summed E-state index contributed by atoms with van der Waals surface area (Å²) in [6.45, 7) is 4.36. The minimum absolute atomic E-state index is 0.943. The third-order valence-electron chi connectivity index (χ3n) is 8.08. The molecule has 0 heterocycles. The Kier molecular flexibility index (Phi) is 7.37. The zero-order chi connectivity index (χ0) is 28.1. The third kappa shape index (κ3) is 4.69. The fourth-order valence-electron chi connectivity index (χ4n) is 6.16. The van der Waals surface area contributed by atoms with Crippen LogP contribution in [0.5, 0.6) is 0 Å². The van der Waals surface area contributed by atoms with Gasteiger partial charge in [-0.25, -0.2) is 0 Å². The fraction of sp³-hybridized carbons (Fsp3) is 0.100. The molecule has 0 unspecified atom stereocenters. The first-order valence-corrected chi connectivity index (χ1v) is 14.2.